The monoisotopic (exact) mass is 320 g/mol. The SMILES string of the molecule is CCC(=O)N[C@H]1CCCN(C(=O)c2cn[nH]c2C2CCCO2)C1. The average molecular weight is 320 g/mol. The summed E-state index contributed by atoms with van der Waals surface area (Å²) in [5.41, 5.74) is 1.38. The van der Waals surface area contributed by atoms with Gasteiger partial charge in [-0.1, -0.05) is 6.92 Å². The zero-order valence-electron chi connectivity index (χ0n) is 13.5. The average Bonchev–Trinajstić information content (AvgIpc) is 3.25. The Kier molecular flexibility index (Phi) is 4.95. The van der Waals surface area contributed by atoms with E-state index in [0.717, 1.165) is 38.0 Å². The van der Waals surface area contributed by atoms with Gasteiger partial charge in [0.05, 0.1) is 23.6 Å². The Morgan fingerprint density at radius 1 is 1.43 bits per heavy atom. The number of piperidine rings is 1. The Labute approximate surface area is 135 Å². The van der Waals surface area contributed by atoms with E-state index in [4.69, 9.17) is 4.74 Å². The van der Waals surface area contributed by atoms with E-state index in [-0.39, 0.29) is 24.0 Å². The second-order valence-electron chi connectivity index (χ2n) is 6.21. The molecule has 2 aliphatic rings. The van der Waals surface area contributed by atoms with Gasteiger partial charge in [-0.3, -0.25) is 14.7 Å². The number of ether oxygens (including phenoxy) is 1. The summed E-state index contributed by atoms with van der Waals surface area (Å²) in [6, 6.07) is 0.0400. The number of H-pyrrole nitrogens is 1. The highest BCUT2D eigenvalue weighted by Gasteiger charge is 2.30. The van der Waals surface area contributed by atoms with Gasteiger partial charge >= 0.3 is 0 Å². The molecule has 3 heterocycles. The molecule has 2 atom stereocenters. The number of nitrogens with zero attached hydrogens (tertiary/aromatic N) is 2. The molecule has 7 nitrogen and oxygen atoms in total. The molecule has 23 heavy (non-hydrogen) atoms. The molecule has 0 saturated carbocycles. The van der Waals surface area contributed by atoms with Crippen LogP contribution in [0.3, 0.4) is 0 Å². The molecule has 1 aromatic heterocycles. The summed E-state index contributed by atoms with van der Waals surface area (Å²) < 4.78 is 5.66. The summed E-state index contributed by atoms with van der Waals surface area (Å²) in [6.07, 6.45) is 5.73. The number of aromatic nitrogens is 2. The number of hydrogen-bond acceptors (Lipinski definition) is 4. The van der Waals surface area contributed by atoms with Crippen LogP contribution in [0.4, 0.5) is 0 Å². The summed E-state index contributed by atoms with van der Waals surface area (Å²) in [4.78, 5) is 26.2. The standard InChI is InChI=1S/C16H24N4O3/c1-2-14(21)18-11-5-3-7-20(10-11)16(22)12-9-17-19-15(12)13-6-4-8-23-13/h9,11,13H,2-8,10H2,1H3,(H,17,19)(H,18,21)/t11-,13?/m0/s1. The van der Waals surface area contributed by atoms with E-state index < -0.39 is 0 Å². The zero-order valence-corrected chi connectivity index (χ0v) is 13.5. The van der Waals surface area contributed by atoms with Gasteiger partial charge < -0.3 is 15.0 Å². The van der Waals surface area contributed by atoms with Crippen LogP contribution >= 0.6 is 0 Å². The van der Waals surface area contributed by atoms with E-state index in [0.29, 0.717) is 25.1 Å². The van der Waals surface area contributed by atoms with Crippen molar-refractivity contribution in [1.29, 1.82) is 0 Å². The maximum Gasteiger partial charge on any atom is 0.257 e. The lowest BCUT2D eigenvalue weighted by atomic mass is 10.0. The van der Waals surface area contributed by atoms with Crippen LogP contribution in [0.1, 0.15) is 61.2 Å². The minimum absolute atomic E-state index is 0.0281. The van der Waals surface area contributed by atoms with E-state index in [1.807, 2.05) is 11.8 Å². The maximum absolute atomic E-state index is 12.8. The van der Waals surface area contributed by atoms with Crippen LogP contribution in [0.15, 0.2) is 6.20 Å². The lowest BCUT2D eigenvalue weighted by molar-refractivity contribution is -0.121. The molecule has 0 spiro atoms. The van der Waals surface area contributed by atoms with Crippen LogP contribution in [0.25, 0.3) is 0 Å². The molecule has 2 saturated heterocycles. The molecular formula is C16H24N4O3. The molecular weight excluding hydrogens is 296 g/mol. The third kappa shape index (κ3) is 3.55. The van der Waals surface area contributed by atoms with Gasteiger partial charge in [-0.15, -0.1) is 0 Å². The number of likely N-dealkylation sites (tertiary alicyclic amines) is 1. The zero-order chi connectivity index (χ0) is 16.2. The molecule has 2 N–H and O–H groups in total. The first-order valence-electron chi connectivity index (χ1n) is 8.42. The van der Waals surface area contributed by atoms with Crippen molar-refractivity contribution >= 4 is 11.8 Å². The molecule has 1 aromatic rings. The van der Waals surface area contributed by atoms with E-state index in [2.05, 4.69) is 15.5 Å². The quantitative estimate of drug-likeness (QED) is 0.877. The van der Waals surface area contributed by atoms with Crippen LogP contribution in [-0.4, -0.2) is 52.6 Å². The Bertz CT molecular complexity index is 565. The molecule has 126 valence electrons. The fourth-order valence-electron chi connectivity index (χ4n) is 3.30. The lowest BCUT2D eigenvalue weighted by Gasteiger charge is -2.33. The molecule has 0 aliphatic carbocycles. The van der Waals surface area contributed by atoms with Gasteiger partial charge in [0.15, 0.2) is 0 Å². The highest BCUT2D eigenvalue weighted by Crippen LogP contribution is 2.30. The Balaban J connectivity index is 1.68. The Morgan fingerprint density at radius 3 is 3.04 bits per heavy atom. The number of nitrogens with one attached hydrogen (secondary N) is 2. The van der Waals surface area contributed by atoms with Gasteiger partial charge in [0, 0.05) is 32.2 Å². The maximum atomic E-state index is 12.8. The van der Waals surface area contributed by atoms with E-state index in [9.17, 15) is 9.59 Å². The van der Waals surface area contributed by atoms with Crippen molar-refractivity contribution in [3.8, 4) is 0 Å². The van der Waals surface area contributed by atoms with Gasteiger partial charge in [0.25, 0.3) is 5.91 Å². The summed E-state index contributed by atoms with van der Waals surface area (Å²) in [6.45, 7) is 3.83. The summed E-state index contributed by atoms with van der Waals surface area (Å²) in [5, 5.41) is 9.96. The largest absolute Gasteiger partial charge is 0.372 e. The summed E-state index contributed by atoms with van der Waals surface area (Å²) in [7, 11) is 0. The minimum atomic E-state index is -0.0585. The molecule has 2 fully saturated rings. The van der Waals surface area contributed by atoms with E-state index >= 15 is 0 Å². The van der Waals surface area contributed by atoms with Crippen molar-refractivity contribution in [2.45, 2.75) is 51.2 Å². The molecule has 7 heteroatoms. The molecule has 0 aromatic carbocycles. The molecule has 1 unspecified atom stereocenters. The normalized spacial score (nSPS) is 24.7. The first-order chi connectivity index (χ1) is 11.2. The highest BCUT2D eigenvalue weighted by atomic mass is 16.5. The van der Waals surface area contributed by atoms with Crippen molar-refractivity contribution in [1.82, 2.24) is 20.4 Å². The van der Waals surface area contributed by atoms with Crippen molar-refractivity contribution in [3.05, 3.63) is 17.5 Å². The molecule has 2 amide bonds. The molecule has 0 radical (unpaired) electrons. The fraction of sp³-hybridized carbons (Fsp3) is 0.688. The van der Waals surface area contributed by atoms with E-state index in [1.54, 1.807) is 6.20 Å². The second kappa shape index (κ2) is 7.12. The van der Waals surface area contributed by atoms with Crippen molar-refractivity contribution in [2.75, 3.05) is 19.7 Å². The smallest absolute Gasteiger partial charge is 0.257 e. The minimum Gasteiger partial charge on any atom is -0.372 e. The van der Waals surface area contributed by atoms with Crippen LogP contribution in [0.2, 0.25) is 0 Å². The van der Waals surface area contributed by atoms with Gasteiger partial charge in [-0.05, 0) is 25.7 Å². The predicted octanol–water partition coefficient (Wildman–Crippen LogP) is 1.39. The van der Waals surface area contributed by atoms with Crippen LogP contribution < -0.4 is 5.32 Å². The second-order valence-corrected chi connectivity index (χ2v) is 6.21. The van der Waals surface area contributed by atoms with Crippen molar-refractivity contribution in [3.63, 3.8) is 0 Å². The van der Waals surface area contributed by atoms with Gasteiger partial charge in [0.2, 0.25) is 5.91 Å². The van der Waals surface area contributed by atoms with Gasteiger partial charge in [-0.25, -0.2) is 0 Å². The number of rotatable bonds is 4. The lowest BCUT2D eigenvalue weighted by Crippen LogP contribution is -2.49. The number of amides is 2. The number of hydrogen-bond donors (Lipinski definition) is 2. The van der Waals surface area contributed by atoms with Crippen LogP contribution in [-0.2, 0) is 9.53 Å². The van der Waals surface area contributed by atoms with Crippen LogP contribution in [0.5, 0.6) is 0 Å². The van der Waals surface area contributed by atoms with Crippen LogP contribution in [0, 0.1) is 0 Å². The third-order valence-electron chi connectivity index (χ3n) is 4.55. The first kappa shape index (κ1) is 16.0. The topological polar surface area (TPSA) is 87.3 Å². The van der Waals surface area contributed by atoms with Gasteiger partial charge in [-0.2, -0.15) is 5.10 Å². The third-order valence-corrected chi connectivity index (χ3v) is 4.55. The molecule has 0 bridgehead atoms. The van der Waals surface area contributed by atoms with Crippen molar-refractivity contribution in [2.24, 2.45) is 0 Å². The Hall–Kier alpha value is -1.89. The number of carbonyl (C=O) groups is 2. The number of carbonyl (C=O) groups excluding carboxylic acids is 2. The van der Waals surface area contributed by atoms with Crippen molar-refractivity contribution < 1.29 is 14.3 Å². The first-order valence-corrected chi connectivity index (χ1v) is 8.42. The van der Waals surface area contributed by atoms with Gasteiger partial charge in [0.1, 0.15) is 0 Å². The molecule has 2 aliphatic heterocycles. The predicted molar refractivity (Wildman–Crippen MR) is 83.9 cm³/mol. The Morgan fingerprint density at radius 2 is 2.30 bits per heavy atom. The molecule has 3 rings (SSSR count). The summed E-state index contributed by atoms with van der Waals surface area (Å²) >= 11 is 0. The summed E-state index contributed by atoms with van der Waals surface area (Å²) in [5.74, 6) is 0.00681. The van der Waals surface area contributed by atoms with E-state index in [1.165, 1.54) is 0 Å². The number of aromatic amines is 1. The highest BCUT2D eigenvalue weighted by molar-refractivity contribution is 5.95. The fourth-order valence-corrected chi connectivity index (χ4v) is 3.30.